The number of hydrogen-bond donors (Lipinski definition) is 1. The summed E-state index contributed by atoms with van der Waals surface area (Å²) in [5, 5.41) is 8.25. The van der Waals surface area contributed by atoms with Crippen LogP contribution < -0.4 is 5.56 Å². The quantitative estimate of drug-likeness (QED) is 0.657. The number of nitrogens with zero attached hydrogens (tertiary/aromatic N) is 4. The van der Waals surface area contributed by atoms with E-state index in [4.69, 9.17) is 0 Å². The average Bonchev–Trinajstić information content (AvgIpc) is 2.95. The highest BCUT2D eigenvalue weighted by Crippen LogP contribution is 2.08. The van der Waals surface area contributed by atoms with Crippen molar-refractivity contribution in [2.24, 2.45) is 0 Å². The molecule has 0 spiro atoms. The first-order chi connectivity index (χ1) is 8.70. The molecule has 3 heterocycles. The number of nitrogens with one attached hydrogen (secondary N) is 1. The summed E-state index contributed by atoms with van der Waals surface area (Å²) in [5.41, 5.74) is 1.29. The van der Waals surface area contributed by atoms with Gasteiger partial charge in [0, 0.05) is 6.20 Å². The summed E-state index contributed by atoms with van der Waals surface area (Å²) in [6.45, 7) is 1.73. The van der Waals surface area contributed by atoms with Gasteiger partial charge in [0.25, 0.3) is 5.56 Å². The van der Waals surface area contributed by atoms with Crippen molar-refractivity contribution in [3.63, 3.8) is 0 Å². The molecule has 0 fully saturated rings. The fourth-order valence-corrected chi connectivity index (χ4v) is 1.78. The van der Waals surface area contributed by atoms with Crippen molar-refractivity contribution in [2.75, 3.05) is 0 Å². The summed E-state index contributed by atoms with van der Waals surface area (Å²) in [5.74, 6) is 0.273. The maximum Gasteiger partial charge on any atom is 0.276 e. The van der Waals surface area contributed by atoms with E-state index in [1.165, 1.54) is 15.4 Å². The molecular formula is C11H9N5O2. The molecule has 0 aromatic carbocycles. The Bertz CT molecular complexity index is 795. The van der Waals surface area contributed by atoms with Crippen molar-refractivity contribution in [1.82, 2.24) is 24.4 Å². The third kappa shape index (κ3) is 1.37. The molecule has 0 amide bonds. The second-order valence-electron chi connectivity index (χ2n) is 3.83. The Labute approximate surface area is 101 Å². The molecular weight excluding hydrogens is 234 g/mol. The molecule has 3 rings (SSSR count). The van der Waals surface area contributed by atoms with Crippen LogP contribution in [-0.2, 0) is 0 Å². The first kappa shape index (κ1) is 10.5. The predicted octanol–water partition coefficient (Wildman–Crippen LogP) is 0.329. The van der Waals surface area contributed by atoms with Gasteiger partial charge in [0.1, 0.15) is 5.52 Å². The van der Waals surface area contributed by atoms with Gasteiger partial charge in [0.05, 0.1) is 17.5 Å². The first-order valence-corrected chi connectivity index (χ1v) is 5.28. The van der Waals surface area contributed by atoms with Gasteiger partial charge >= 0.3 is 0 Å². The lowest BCUT2D eigenvalue weighted by atomic mass is 10.3. The lowest BCUT2D eigenvalue weighted by Crippen LogP contribution is -2.18. The van der Waals surface area contributed by atoms with Gasteiger partial charge < -0.3 is 0 Å². The van der Waals surface area contributed by atoms with E-state index in [-0.39, 0.29) is 11.5 Å². The minimum absolute atomic E-state index is 0.257. The molecule has 0 aliphatic heterocycles. The number of hydrogen-bond acceptors (Lipinski definition) is 4. The van der Waals surface area contributed by atoms with Crippen molar-refractivity contribution in [1.29, 1.82) is 0 Å². The summed E-state index contributed by atoms with van der Waals surface area (Å²) in [6.07, 6.45) is 3.82. The second-order valence-corrected chi connectivity index (χ2v) is 3.83. The first-order valence-electron chi connectivity index (χ1n) is 5.28. The van der Waals surface area contributed by atoms with E-state index >= 15 is 0 Å². The van der Waals surface area contributed by atoms with Gasteiger partial charge in [0.2, 0.25) is 5.95 Å². The normalized spacial score (nSPS) is 10.9. The van der Waals surface area contributed by atoms with E-state index in [1.54, 1.807) is 25.3 Å². The highest BCUT2D eigenvalue weighted by molar-refractivity contribution is 5.76. The maximum atomic E-state index is 11.8. The lowest BCUT2D eigenvalue weighted by Gasteiger charge is -2.03. The minimum Gasteiger partial charge on any atom is -0.298 e. The van der Waals surface area contributed by atoms with Gasteiger partial charge in [-0.25, -0.2) is 9.20 Å². The number of carbonyl (C=O) groups is 1. The number of aromatic amines is 1. The van der Waals surface area contributed by atoms with E-state index in [9.17, 15) is 9.59 Å². The number of aromatic nitrogens is 5. The molecule has 0 aliphatic carbocycles. The van der Waals surface area contributed by atoms with Crippen LogP contribution in [0.3, 0.4) is 0 Å². The second kappa shape index (κ2) is 3.66. The highest BCUT2D eigenvalue weighted by atomic mass is 16.1. The zero-order valence-corrected chi connectivity index (χ0v) is 9.49. The summed E-state index contributed by atoms with van der Waals surface area (Å²) in [4.78, 5) is 25.2. The molecule has 0 atom stereocenters. The third-order valence-electron chi connectivity index (χ3n) is 2.76. The van der Waals surface area contributed by atoms with Gasteiger partial charge in [-0.1, -0.05) is 0 Å². The van der Waals surface area contributed by atoms with Crippen LogP contribution in [0.2, 0.25) is 0 Å². The molecule has 0 radical (unpaired) electrons. The molecule has 0 aliphatic rings. The van der Waals surface area contributed by atoms with Crippen LogP contribution in [-0.4, -0.2) is 30.7 Å². The molecule has 18 heavy (non-hydrogen) atoms. The van der Waals surface area contributed by atoms with Crippen molar-refractivity contribution < 1.29 is 4.79 Å². The Hall–Kier alpha value is -2.70. The van der Waals surface area contributed by atoms with E-state index in [2.05, 4.69) is 15.2 Å². The molecule has 3 aromatic heterocycles. The SMILES string of the molecule is Cc1c(C=O)cnn1-c1nn2cccc2c(=O)[nH]1. The number of rotatable bonds is 2. The summed E-state index contributed by atoms with van der Waals surface area (Å²) < 4.78 is 2.89. The predicted molar refractivity (Wildman–Crippen MR) is 63.1 cm³/mol. The van der Waals surface area contributed by atoms with E-state index in [1.807, 2.05) is 0 Å². The van der Waals surface area contributed by atoms with Crippen LogP contribution in [0.1, 0.15) is 16.1 Å². The van der Waals surface area contributed by atoms with Gasteiger partial charge in [-0.15, -0.1) is 5.10 Å². The van der Waals surface area contributed by atoms with Crippen LogP contribution >= 0.6 is 0 Å². The minimum atomic E-state index is -0.257. The number of H-pyrrole nitrogens is 1. The van der Waals surface area contributed by atoms with Gasteiger partial charge in [0.15, 0.2) is 6.29 Å². The maximum absolute atomic E-state index is 11.8. The smallest absolute Gasteiger partial charge is 0.276 e. The van der Waals surface area contributed by atoms with Crippen LogP contribution in [0.15, 0.2) is 29.3 Å². The van der Waals surface area contributed by atoms with Crippen LogP contribution in [0.5, 0.6) is 0 Å². The largest absolute Gasteiger partial charge is 0.298 e. The number of aldehydes is 1. The molecule has 0 saturated heterocycles. The molecule has 0 unspecified atom stereocenters. The molecule has 3 aromatic rings. The zero-order chi connectivity index (χ0) is 12.7. The zero-order valence-electron chi connectivity index (χ0n) is 9.49. The van der Waals surface area contributed by atoms with Gasteiger partial charge in [-0.05, 0) is 19.1 Å². The molecule has 0 bridgehead atoms. The summed E-state index contributed by atoms with van der Waals surface area (Å²) >= 11 is 0. The van der Waals surface area contributed by atoms with Gasteiger partial charge in [-0.2, -0.15) is 5.10 Å². The lowest BCUT2D eigenvalue weighted by molar-refractivity contribution is 0.112. The number of carbonyl (C=O) groups excluding carboxylic acids is 1. The number of fused-ring (bicyclic) bond motifs is 1. The Morgan fingerprint density at radius 2 is 2.28 bits per heavy atom. The fraction of sp³-hybridized carbons (Fsp3) is 0.0909. The van der Waals surface area contributed by atoms with Crippen molar-refractivity contribution in [3.8, 4) is 5.95 Å². The molecule has 0 saturated carbocycles. The van der Waals surface area contributed by atoms with Crippen molar-refractivity contribution in [2.45, 2.75) is 6.92 Å². The molecule has 1 N–H and O–H groups in total. The van der Waals surface area contributed by atoms with Crippen molar-refractivity contribution in [3.05, 3.63) is 46.1 Å². The Kier molecular flexibility index (Phi) is 2.12. The van der Waals surface area contributed by atoms with Crippen LogP contribution in [0, 0.1) is 6.92 Å². The molecule has 7 nitrogen and oxygen atoms in total. The summed E-state index contributed by atoms with van der Waals surface area (Å²) in [6, 6.07) is 3.40. The van der Waals surface area contributed by atoms with Crippen molar-refractivity contribution >= 4 is 11.8 Å². The van der Waals surface area contributed by atoms with E-state index < -0.39 is 0 Å². The Morgan fingerprint density at radius 1 is 1.44 bits per heavy atom. The van der Waals surface area contributed by atoms with Crippen LogP contribution in [0.4, 0.5) is 0 Å². The van der Waals surface area contributed by atoms with E-state index in [0.717, 1.165) is 0 Å². The fourth-order valence-electron chi connectivity index (χ4n) is 1.78. The molecule has 90 valence electrons. The highest BCUT2D eigenvalue weighted by Gasteiger charge is 2.10. The monoisotopic (exact) mass is 243 g/mol. The Balaban J connectivity index is 2.28. The standard InChI is InChI=1S/C11H9N5O2/c1-7-8(6-17)5-12-16(7)11-13-10(18)9-3-2-4-15(9)14-11/h2-6H,1H3,(H,13,14,18). The van der Waals surface area contributed by atoms with Crippen LogP contribution in [0.25, 0.3) is 11.5 Å². The summed E-state index contributed by atoms with van der Waals surface area (Å²) in [7, 11) is 0. The Morgan fingerprint density at radius 3 is 3.00 bits per heavy atom. The average molecular weight is 243 g/mol. The third-order valence-corrected chi connectivity index (χ3v) is 2.76. The molecule has 7 heteroatoms. The topological polar surface area (TPSA) is 85.0 Å². The van der Waals surface area contributed by atoms with E-state index in [0.29, 0.717) is 23.1 Å². The van der Waals surface area contributed by atoms with Gasteiger partial charge in [-0.3, -0.25) is 14.6 Å².